The number of anilines is 1. The van der Waals surface area contributed by atoms with Crippen LogP contribution in [-0.4, -0.2) is 21.8 Å². The molecule has 5 nitrogen and oxygen atoms in total. The summed E-state index contributed by atoms with van der Waals surface area (Å²) in [6.45, 7) is 3.64. The fourth-order valence-electron chi connectivity index (χ4n) is 3.34. The van der Waals surface area contributed by atoms with Crippen molar-refractivity contribution >= 4 is 45.5 Å². The van der Waals surface area contributed by atoms with Crippen LogP contribution in [0.4, 0.5) is 9.52 Å². The van der Waals surface area contributed by atoms with Gasteiger partial charge in [-0.2, -0.15) is 0 Å². The molecule has 3 aromatic rings. The highest BCUT2D eigenvalue weighted by atomic mass is 35.5. The molecule has 4 rings (SSSR count). The molecule has 1 amide bonds. The van der Waals surface area contributed by atoms with E-state index in [1.807, 2.05) is 6.92 Å². The van der Waals surface area contributed by atoms with E-state index in [0.717, 1.165) is 9.78 Å². The van der Waals surface area contributed by atoms with E-state index in [0.29, 0.717) is 16.3 Å². The average molecular weight is 443 g/mol. The second kappa shape index (κ2) is 7.66. The minimum atomic E-state index is -1.15. The molecule has 0 spiro atoms. The van der Waals surface area contributed by atoms with Crippen molar-refractivity contribution in [2.75, 3.05) is 4.90 Å². The summed E-state index contributed by atoms with van der Waals surface area (Å²) in [5.74, 6) is -2.76. The second-order valence-corrected chi connectivity index (χ2v) is 8.45. The fourth-order valence-corrected chi connectivity index (χ4v) is 4.41. The Labute approximate surface area is 181 Å². The summed E-state index contributed by atoms with van der Waals surface area (Å²) in [6, 6.07) is 10.9. The smallest absolute Gasteiger partial charge is 0.301 e. The zero-order valence-corrected chi connectivity index (χ0v) is 17.6. The molecule has 152 valence electrons. The molecule has 1 saturated heterocycles. The van der Waals surface area contributed by atoms with Crippen molar-refractivity contribution in [2.24, 2.45) is 0 Å². The Balaban J connectivity index is 1.97. The average Bonchev–Trinajstić information content (AvgIpc) is 3.18. The number of hydrogen-bond acceptors (Lipinski definition) is 5. The molecule has 0 radical (unpaired) electrons. The Bertz CT molecular complexity index is 1180. The Morgan fingerprint density at radius 2 is 1.80 bits per heavy atom. The van der Waals surface area contributed by atoms with Gasteiger partial charge in [-0.1, -0.05) is 29.8 Å². The lowest BCUT2D eigenvalue weighted by molar-refractivity contribution is -0.132. The fraction of sp³-hybridized carbons (Fsp3) is 0.136. The van der Waals surface area contributed by atoms with Crippen LogP contribution in [-0.2, 0) is 9.59 Å². The van der Waals surface area contributed by atoms with Crippen molar-refractivity contribution < 1.29 is 19.1 Å². The topological polar surface area (TPSA) is 70.5 Å². The monoisotopic (exact) mass is 442 g/mol. The zero-order valence-electron chi connectivity index (χ0n) is 16.0. The first-order valence-electron chi connectivity index (χ1n) is 9.05. The van der Waals surface area contributed by atoms with Gasteiger partial charge in [-0.25, -0.2) is 9.37 Å². The van der Waals surface area contributed by atoms with Gasteiger partial charge in [0, 0.05) is 21.0 Å². The summed E-state index contributed by atoms with van der Waals surface area (Å²) in [5, 5.41) is 11.7. The second-order valence-electron chi connectivity index (χ2n) is 6.84. The molecule has 0 aliphatic carbocycles. The van der Waals surface area contributed by atoms with Crippen LogP contribution in [0.5, 0.6) is 0 Å². The number of Topliss-reactive ketones (excluding diaryl/α,β-unsaturated/α-hetero) is 1. The lowest BCUT2D eigenvalue weighted by Crippen LogP contribution is -2.29. The first-order chi connectivity index (χ1) is 14.3. The number of aromatic nitrogens is 1. The van der Waals surface area contributed by atoms with E-state index in [1.54, 1.807) is 25.1 Å². The minimum Gasteiger partial charge on any atom is -0.507 e. The van der Waals surface area contributed by atoms with Crippen LogP contribution in [0.3, 0.4) is 0 Å². The molecular weight excluding hydrogens is 427 g/mol. The summed E-state index contributed by atoms with van der Waals surface area (Å²) in [6.07, 6.45) is 0. The van der Waals surface area contributed by atoms with Crippen LogP contribution in [0, 0.1) is 19.7 Å². The zero-order chi connectivity index (χ0) is 21.6. The summed E-state index contributed by atoms with van der Waals surface area (Å²) < 4.78 is 14.8. The largest absolute Gasteiger partial charge is 0.507 e. The number of hydrogen-bond donors (Lipinski definition) is 1. The van der Waals surface area contributed by atoms with Crippen LogP contribution >= 0.6 is 22.9 Å². The minimum absolute atomic E-state index is 0.0951. The Kier molecular flexibility index (Phi) is 5.17. The van der Waals surface area contributed by atoms with Gasteiger partial charge in [-0.15, -0.1) is 11.3 Å². The number of nitrogens with zero attached hydrogens (tertiary/aromatic N) is 2. The van der Waals surface area contributed by atoms with Gasteiger partial charge in [0.2, 0.25) is 0 Å². The summed E-state index contributed by atoms with van der Waals surface area (Å²) >= 11 is 7.14. The Morgan fingerprint density at radius 3 is 2.40 bits per heavy atom. The predicted molar refractivity (Wildman–Crippen MR) is 114 cm³/mol. The predicted octanol–water partition coefficient (Wildman–Crippen LogP) is 5.18. The van der Waals surface area contributed by atoms with E-state index >= 15 is 0 Å². The van der Waals surface area contributed by atoms with Gasteiger partial charge in [0.25, 0.3) is 5.78 Å². The van der Waals surface area contributed by atoms with E-state index < -0.39 is 29.3 Å². The van der Waals surface area contributed by atoms with Gasteiger partial charge in [-0.3, -0.25) is 14.5 Å². The molecule has 1 fully saturated rings. The number of aryl methyl sites for hydroxylation is 2. The first-order valence-corrected chi connectivity index (χ1v) is 10.2. The highest BCUT2D eigenvalue weighted by molar-refractivity contribution is 7.16. The number of thiazole rings is 1. The number of aliphatic hydroxyl groups excluding tert-OH is 1. The number of amides is 1. The Hall–Kier alpha value is -3.03. The number of ketones is 1. The van der Waals surface area contributed by atoms with Crippen LogP contribution in [0.15, 0.2) is 54.1 Å². The molecule has 30 heavy (non-hydrogen) atoms. The molecule has 1 aliphatic rings. The van der Waals surface area contributed by atoms with Gasteiger partial charge >= 0.3 is 5.91 Å². The molecule has 0 saturated carbocycles. The standard InChI is InChI=1S/C22H16ClFN2O3S/c1-11-12(2)30-22(25-11)26-18(15-5-3-4-6-16(15)24)17(20(28)21(26)29)19(27)13-7-9-14(23)10-8-13/h3-10,18,27H,1-2H3/b19-17+/t18-/m0/s1. The van der Waals surface area contributed by atoms with Crippen molar-refractivity contribution in [1.29, 1.82) is 0 Å². The quantitative estimate of drug-likeness (QED) is 0.344. The summed E-state index contributed by atoms with van der Waals surface area (Å²) in [7, 11) is 0. The molecule has 8 heteroatoms. The van der Waals surface area contributed by atoms with E-state index in [-0.39, 0.29) is 16.3 Å². The maximum Gasteiger partial charge on any atom is 0.301 e. The van der Waals surface area contributed by atoms with E-state index in [4.69, 9.17) is 11.6 Å². The van der Waals surface area contributed by atoms with E-state index in [2.05, 4.69) is 4.98 Å². The number of rotatable bonds is 3. The maximum atomic E-state index is 14.8. The molecule has 1 N–H and O–H groups in total. The van der Waals surface area contributed by atoms with Gasteiger partial charge in [0.1, 0.15) is 17.6 Å². The van der Waals surface area contributed by atoms with Gasteiger partial charge < -0.3 is 5.11 Å². The van der Waals surface area contributed by atoms with Crippen LogP contribution in [0.1, 0.15) is 27.7 Å². The maximum absolute atomic E-state index is 14.8. The molecule has 2 heterocycles. The number of halogens is 2. The number of carbonyl (C=O) groups is 2. The lowest BCUT2D eigenvalue weighted by Gasteiger charge is -2.23. The third-order valence-electron chi connectivity index (χ3n) is 4.99. The van der Waals surface area contributed by atoms with Gasteiger partial charge in [0.05, 0.1) is 11.3 Å². The number of carbonyl (C=O) groups excluding carboxylic acids is 2. The number of aliphatic hydroxyl groups is 1. The van der Waals surface area contributed by atoms with Crippen molar-refractivity contribution in [3.63, 3.8) is 0 Å². The van der Waals surface area contributed by atoms with E-state index in [1.165, 1.54) is 41.7 Å². The highest BCUT2D eigenvalue weighted by Gasteiger charge is 2.49. The van der Waals surface area contributed by atoms with Crippen molar-refractivity contribution in [2.45, 2.75) is 19.9 Å². The molecule has 2 aromatic carbocycles. The SMILES string of the molecule is Cc1nc(N2C(=O)C(=O)/C(=C(/O)c3ccc(Cl)cc3)[C@@H]2c2ccccc2F)sc1C. The molecule has 1 aromatic heterocycles. The third-order valence-corrected chi connectivity index (χ3v) is 6.31. The van der Waals surface area contributed by atoms with Crippen molar-refractivity contribution in [1.82, 2.24) is 4.98 Å². The molecule has 0 unspecified atom stereocenters. The van der Waals surface area contributed by atoms with Crippen LogP contribution < -0.4 is 4.90 Å². The van der Waals surface area contributed by atoms with Gasteiger partial charge in [-0.05, 0) is 44.2 Å². The Morgan fingerprint density at radius 1 is 1.13 bits per heavy atom. The van der Waals surface area contributed by atoms with Crippen molar-refractivity contribution in [3.05, 3.63) is 86.6 Å². The van der Waals surface area contributed by atoms with E-state index in [9.17, 15) is 19.1 Å². The molecule has 1 aliphatic heterocycles. The van der Waals surface area contributed by atoms with Crippen LogP contribution in [0.2, 0.25) is 5.02 Å². The van der Waals surface area contributed by atoms with Gasteiger partial charge in [0.15, 0.2) is 5.13 Å². The number of benzene rings is 2. The highest BCUT2D eigenvalue weighted by Crippen LogP contribution is 2.44. The molecule has 0 bridgehead atoms. The molecule has 1 atom stereocenters. The molecular formula is C22H16ClFN2O3S. The third kappa shape index (κ3) is 3.30. The van der Waals surface area contributed by atoms with Crippen LogP contribution in [0.25, 0.3) is 5.76 Å². The normalized spacial score (nSPS) is 18.3. The summed E-state index contributed by atoms with van der Waals surface area (Å²) in [4.78, 5) is 32.4. The lowest BCUT2D eigenvalue weighted by atomic mass is 9.95. The van der Waals surface area contributed by atoms with Crippen molar-refractivity contribution in [3.8, 4) is 0 Å². The summed E-state index contributed by atoms with van der Waals surface area (Å²) in [5.41, 5.74) is 0.905. The first kappa shape index (κ1) is 20.3.